The standard InChI is InChI=1S/C18H20N4OS/c23-18(21-5-3-16-13(8-21)4-6-24-16)14-9-22(10-14)17-7-15(12-1-2-12)19-11-20-17/h4,6-7,11-12,14H,1-3,5,8-10H2. The SMILES string of the molecule is O=C(C1CN(c2cc(C3CC3)ncn2)C1)N1CCc2sccc2C1. The quantitative estimate of drug-likeness (QED) is 0.861. The molecule has 0 spiro atoms. The van der Waals surface area contributed by atoms with E-state index < -0.39 is 0 Å². The Bertz CT molecular complexity index is 779. The summed E-state index contributed by atoms with van der Waals surface area (Å²) in [5, 5.41) is 2.14. The van der Waals surface area contributed by atoms with Crippen LogP contribution in [0, 0.1) is 5.92 Å². The van der Waals surface area contributed by atoms with E-state index in [1.807, 2.05) is 16.2 Å². The molecule has 1 saturated carbocycles. The zero-order valence-corrected chi connectivity index (χ0v) is 14.3. The number of nitrogens with zero attached hydrogens (tertiary/aromatic N) is 4. The van der Waals surface area contributed by atoms with Crippen molar-refractivity contribution < 1.29 is 4.79 Å². The summed E-state index contributed by atoms with van der Waals surface area (Å²) in [7, 11) is 0. The van der Waals surface area contributed by atoms with E-state index in [1.54, 1.807) is 6.33 Å². The average molecular weight is 340 g/mol. The number of fused-ring (bicyclic) bond motifs is 1. The van der Waals surface area contributed by atoms with Crippen molar-refractivity contribution >= 4 is 23.1 Å². The van der Waals surface area contributed by atoms with Crippen LogP contribution in [0.2, 0.25) is 0 Å². The lowest BCUT2D eigenvalue weighted by atomic mass is 9.97. The van der Waals surface area contributed by atoms with Crippen molar-refractivity contribution in [2.75, 3.05) is 24.5 Å². The second-order valence-corrected chi connectivity index (χ2v) is 8.06. The lowest BCUT2D eigenvalue weighted by molar-refractivity contribution is -0.137. The Morgan fingerprint density at radius 3 is 2.96 bits per heavy atom. The first-order valence-electron chi connectivity index (χ1n) is 8.69. The van der Waals surface area contributed by atoms with Crippen molar-refractivity contribution in [3.63, 3.8) is 0 Å². The van der Waals surface area contributed by atoms with E-state index in [0.717, 1.165) is 44.1 Å². The van der Waals surface area contributed by atoms with Crippen LogP contribution in [0.4, 0.5) is 5.82 Å². The molecule has 5 nitrogen and oxygen atoms in total. The summed E-state index contributed by atoms with van der Waals surface area (Å²) in [6.07, 6.45) is 5.17. The van der Waals surface area contributed by atoms with Gasteiger partial charge in [-0.2, -0.15) is 0 Å². The normalized spacial score (nSPS) is 20.7. The molecule has 1 amide bonds. The summed E-state index contributed by atoms with van der Waals surface area (Å²) in [6, 6.07) is 4.27. The summed E-state index contributed by atoms with van der Waals surface area (Å²) in [6.45, 7) is 3.22. The predicted molar refractivity (Wildman–Crippen MR) is 93.2 cm³/mol. The minimum Gasteiger partial charge on any atom is -0.355 e. The molecule has 0 unspecified atom stereocenters. The number of anilines is 1. The topological polar surface area (TPSA) is 49.3 Å². The first-order chi connectivity index (χ1) is 11.8. The maximum atomic E-state index is 12.7. The van der Waals surface area contributed by atoms with E-state index in [9.17, 15) is 4.79 Å². The molecule has 4 heterocycles. The Labute approximate surface area is 145 Å². The van der Waals surface area contributed by atoms with Gasteiger partial charge in [0.15, 0.2) is 0 Å². The molecular weight excluding hydrogens is 320 g/mol. The van der Waals surface area contributed by atoms with Gasteiger partial charge in [-0.05, 0) is 36.3 Å². The van der Waals surface area contributed by atoms with Gasteiger partial charge in [0.05, 0.1) is 5.92 Å². The number of carbonyl (C=O) groups excluding carboxylic acids is 1. The van der Waals surface area contributed by atoms with Crippen molar-refractivity contribution in [2.24, 2.45) is 5.92 Å². The van der Waals surface area contributed by atoms with E-state index in [4.69, 9.17) is 0 Å². The molecule has 6 heteroatoms. The summed E-state index contributed by atoms with van der Waals surface area (Å²) < 4.78 is 0. The summed E-state index contributed by atoms with van der Waals surface area (Å²) in [5.41, 5.74) is 2.50. The van der Waals surface area contributed by atoms with Crippen molar-refractivity contribution in [3.8, 4) is 0 Å². The third-order valence-corrected chi connectivity index (χ3v) is 6.37. The largest absolute Gasteiger partial charge is 0.355 e. The first-order valence-corrected chi connectivity index (χ1v) is 9.57. The molecule has 0 N–H and O–H groups in total. The number of thiophene rings is 1. The van der Waals surface area contributed by atoms with E-state index in [0.29, 0.717) is 11.8 Å². The fraction of sp³-hybridized carbons (Fsp3) is 0.500. The second kappa shape index (κ2) is 5.55. The van der Waals surface area contributed by atoms with Crippen LogP contribution in [0.25, 0.3) is 0 Å². The highest BCUT2D eigenvalue weighted by Gasteiger charge is 2.37. The lowest BCUT2D eigenvalue weighted by Gasteiger charge is -2.42. The highest BCUT2D eigenvalue weighted by molar-refractivity contribution is 7.10. The van der Waals surface area contributed by atoms with Crippen molar-refractivity contribution in [2.45, 2.75) is 31.7 Å². The van der Waals surface area contributed by atoms with Crippen molar-refractivity contribution in [1.29, 1.82) is 0 Å². The molecule has 2 aromatic rings. The molecule has 1 saturated heterocycles. The Hall–Kier alpha value is -1.95. The number of hydrogen-bond acceptors (Lipinski definition) is 5. The third kappa shape index (κ3) is 2.49. The first kappa shape index (κ1) is 14.4. The number of rotatable bonds is 3. The molecule has 2 fully saturated rings. The van der Waals surface area contributed by atoms with Crippen LogP contribution in [0.5, 0.6) is 0 Å². The predicted octanol–water partition coefficient (Wildman–Crippen LogP) is 2.44. The number of carbonyl (C=O) groups is 1. The fourth-order valence-electron chi connectivity index (χ4n) is 3.65. The number of hydrogen-bond donors (Lipinski definition) is 0. The van der Waals surface area contributed by atoms with Crippen molar-refractivity contribution in [1.82, 2.24) is 14.9 Å². The minimum atomic E-state index is 0.115. The van der Waals surface area contributed by atoms with E-state index in [-0.39, 0.29) is 5.92 Å². The van der Waals surface area contributed by atoms with E-state index in [2.05, 4.69) is 32.4 Å². The summed E-state index contributed by atoms with van der Waals surface area (Å²) in [4.78, 5) is 27.2. The number of aromatic nitrogens is 2. The van der Waals surface area contributed by atoms with Gasteiger partial charge in [0.25, 0.3) is 0 Å². The van der Waals surface area contributed by atoms with E-state index >= 15 is 0 Å². The zero-order valence-electron chi connectivity index (χ0n) is 13.5. The molecule has 2 aromatic heterocycles. The second-order valence-electron chi connectivity index (χ2n) is 7.06. The van der Waals surface area contributed by atoms with Gasteiger partial charge in [0.2, 0.25) is 5.91 Å². The molecule has 5 rings (SSSR count). The van der Waals surface area contributed by atoms with Crippen LogP contribution in [-0.2, 0) is 17.8 Å². The van der Waals surface area contributed by atoms with Gasteiger partial charge in [-0.25, -0.2) is 9.97 Å². The summed E-state index contributed by atoms with van der Waals surface area (Å²) >= 11 is 1.81. The highest BCUT2D eigenvalue weighted by Crippen LogP contribution is 2.40. The van der Waals surface area contributed by atoms with Crippen LogP contribution >= 0.6 is 11.3 Å². The minimum absolute atomic E-state index is 0.115. The molecule has 0 bridgehead atoms. The molecule has 0 atom stereocenters. The zero-order chi connectivity index (χ0) is 16.1. The van der Waals surface area contributed by atoms with Crippen LogP contribution in [-0.4, -0.2) is 40.4 Å². The molecule has 3 aliphatic rings. The monoisotopic (exact) mass is 340 g/mol. The Balaban J connectivity index is 1.22. The van der Waals surface area contributed by atoms with E-state index in [1.165, 1.54) is 23.3 Å². The lowest BCUT2D eigenvalue weighted by Crippen LogP contribution is -2.55. The van der Waals surface area contributed by atoms with Gasteiger partial charge in [-0.15, -0.1) is 11.3 Å². The van der Waals surface area contributed by atoms with Gasteiger partial charge < -0.3 is 9.80 Å². The van der Waals surface area contributed by atoms with Gasteiger partial charge in [0.1, 0.15) is 12.1 Å². The molecule has 0 aromatic carbocycles. The maximum Gasteiger partial charge on any atom is 0.229 e. The molecule has 24 heavy (non-hydrogen) atoms. The van der Waals surface area contributed by atoms with Gasteiger partial charge >= 0.3 is 0 Å². The molecule has 1 aliphatic carbocycles. The number of amides is 1. The Morgan fingerprint density at radius 2 is 2.12 bits per heavy atom. The van der Waals surface area contributed by atoms with Crippen LogP contribution in [0.3, 0.4) is 0 Å². The van der Waals surface area contributed by atoms with Gasteiger partial charge in [-0.1, -0.05) is 0 Å². The average Bonchev–Trinajstić information content (AvgIpc) is 3.31. The molecule has 124 valence electrons. The fourth-order valence-corrected chi connectivity index (χ4v) is 4.54. The van der Waals surface area contributed by atoms with Crippen LogP contribution in [0.15, 0.2) is 23.8 Å². The van der Waals surface area contributed by atoms with Crippen LogP contribution in [0.1, 0.15) is 34.9 Å². The van der Waals surface area contributed by atoms with Crippen LogP contribution < -0.4 is 4.90 Å². The molecule has 2 aliphatic heterocycles. The third-order valence-electron chi connectivity index (χ3n) is 5.34. The van der Waals surface area contributed by atoms with Crippen molar-refractivity contribution in [3.05, 3.63) is 40.0 Å². The smallest absolute Gasteiger partial charge is 0.229 e. The Kier molecular flexibility index (Phi) is 3.33. The summed E-state index contributed by atoms with van der Waals surface area (Å²) in [5.74, 6) is 2.04. The van der Waals surface area contributed by atoms with Gasteiger partial charge in [0, 0.05) is 48.7 Å². The van der Waals surface area contributed by atoms with Gasteiger partial charge in [-0.3, -0.25) is 4.79 Å². The Morgan fingerprint density at radius 1 is 1.25 bits per heavy atom. The molecule has 0 radical (unpaired) electrons. The molecular formula is C18H20N4OS. The maximum absolute atomic E-state index is 12.7. The highest BCUT2D eigenvalue weighted by atomic mass is 32.1.